The minimum absolute atomic E-state index is 0.781. The van der Waals surface area contributed by atoms with E-state index < -0.39 is 8.60 Å². The molecule has 0 amide bonds. The van der Waals surface area contributed by atoms with Crippen LogP contribution in [0.3, 0.4) is 0 Å². The molecule has 0 atom stereocenters. The molecule has 3 nitrogen and oxygen atoms in total. The summed E-state index contributed by atoms with van der Waals surface area (Å²) in [7, 11) is -1.17. The zero-order chi connectivity index (χ0) is 27.4. The van der Waals surface area contributed by atoms with Gasteiger partial charge in [0.25, 0.3) is 0 Å². The molecule has 0 fully saturated rings. The second-order valence-corrected chi connectivity index (χ2v) is 13.9. The zero-order valence-corrected chi connectivity index (χ0v) is 27.3. The Kier molecular flexibility index (Phi) is 29.5. The van der Waals surface area contributed by atoms with Crippen LogP contribution in [0.25, 0.3) is 0 Å². The van der Waals surface area contributed by atoms with Crippen molar-refractivity contribution in [1.82, 2.24) is 0 Å². The van der Waals surface area contributed by atoms with Crippen LogP contribution in [0.5, 0.6) is 0 Å². The third-order valence-corrected chi connectivity index (χ3v) is 8.30. The fourth-order valence-corrected chi connectivity index (χ4v) is 5.67. The summed E-state index contributed by atoms with van der Waals surface area (Å²) >= 11 is 0. The van der Waals surface area contributed by atoms with Gasteiger partial charge in [0.2, 0.25) is 0 Å². The maximum atomic E-state index is 6.09. The molecule has 0 rings (SSSR count). The van der Waals surface area contributed by atoms with Crippen molar-refractivity contribution in [2.75, 3.05) is 19.8 Å². The van der Waals surface area contributed by atoms with Gasteiger partial charge in [0, 0.05) is 0 Å². The summed E-state index contributed by atoms with van der Waals surface area (Å²) in [5, 5.41) is 0. The Morgan fingerprint density at radius 2 is 0.541 bits per heavy atom. The van der Waals surface area contributed by atoms with E-state index in [4.69, 9.17) is 13.6 Å². The van der Waals surface area contributed by atoms with Gasteiger partial charge in [0.1, 0.15) is 0 Å². The molecule has 0 aromatic rings. The Bertz CT molecular complexity index is 366. The highest BCUT2D eigenvalue weighted by Crippen LogP contribution is 2.40. The summed E-state index contributed by atoms with van der Waals surface area (Å²) in [6.45, 7) is 16.3. The van der Waals surface area contributed by atoms with Gasteiger partial charge >= 0.3 is 8.60 Å². The molecule has 0 N–H and O–H groups in total. The van der Waals surface area contributed by atoms with Gasteiger partial charge in [-0.15, -0.1) is 0 Å². The third-order valence-electron chi connectivity index (χ3n) is 7.12. The van der Waals surface area contributed by atoms with Gasteiger partial charge in [0.05, 0.1) is 19.8 Å². The number of rotatable bonds is 30. The van der Waals surface area contributed by atoms with E-state index >= 15 is 0 Å². The van der Waals surface area contributed by atoms with Crippen LogP contribution in [0.2, 0.25) is 0 Å². The molecular formula is C33H69O3P. The summed E-state index contributed by atoms with van der Waals surface area (Å²) in [6, 6.07) is 0. The van der Waals surface area contributed by atoms with Crippen LogP contribution >= 0.6 is 8.60 Å². The lowest BCUT2D eigenvalue weighted by Crippen LogP contribution is -2.01. The lowest BCUT2D eigenvalue weighted by Gasteiger charge is -2.17. The molecule has 0 aliphatic rings. The first-order chi connectivity index (χ1) is 17.9. The first-order valence-electron chi connectivity index (χ1n) is 16.6. The van der Waals surface area contributed by atoms with Crippen molar-refractivity contribution < 1.29 is 13.6 Å². The van der Waals surface area contributed by atoms with E-state index in [9.17, 15) is 0 Å². The maximum Gasteiger partial charge on any atom is 0.332 e. The molecule has 4 heteroatoms. The predicted octanol–water partition coefficient (Wildman–Crippen LogP) is 12.4. The zero-order valence-electron chi connectivity index (χ0n) is 26.4. The van der Waals surface area contributed by atoms with E-state index in [1.165, 1.54) is 116 Å². The number of hydrogen-bond donors (Lipinski definition) is 0. The Labute approximate surface area is 236 Å². The third kappa shape index (κ3) is 32.4. The predicted molar refractivity (Wildman–Crippen MR) is 166 cm³/mol. The second kappa shape index (κ2) is 29.3. The van der Waals surface area contributed by atoms with Crippen LogP contribution in [-0.2, 0) is 13.6 Å². The van der Waals surface area contributed by atoms with Crippen LogP contribution in [-0.4, -0.2) is 19.8 Å². The lowest BCUT2D eigenvalue weighted by atomic mass is 10.0. The molecule has 224 valence electrons. The summed E-state index contributed by atoms with van der Waals surface area (Å²) < 4.78 is 18.3. The Morgan fingerprint density at radius 1 is 0.324 bits per heavy atom. The van der Waals surface area contributed by atoms with E-state index in [-0.39, 0.29) is 0 Å². The number of hydrogen-bond acceptors (Lipinski definition) is 3. The monoisotopic (exact) mass is 544 g/mol. The highest BCUT2D eigenvalue weighted by molar-refractivity contribution is 7.41. The lowest BCUT2D eigenvalue weighted by molar-refractivity contribution is 0.153. The SMILES string of the molecule is CC(C)CCCCCCCCOP(OCCCCCCCCC(C)C)OCCCCCCCCC(C)C. The van der Waals surface area contributed by atoms with Gasteiger partial charge in [-0.3, -0.25) is 0 Å². The highest BCUT2D eigenvalue weighted by atomic mass is 31.2. The molecule has 0 aromatic heterocycles. The van der Waals surface area contributed by atoms with Gasteiger partial charge in [0.15, 0.2) is 0 Å². The van der Waals surface area contributed by atoms with Crippen LogP contribution in [0.1, 0.15) is 176 Å². The van der Waals surface area contributed by atoms with E-state index in [1.54, 1.807) is 0 Å². The molecule has 0 aliphatic heterocycles. The minimum atomic E-state index is -1.17. The van der Waals surface area contributed by atoms with E-state index in [0.29, 0.717) is 0 Å². The molecule has 0 heterocycles. The smallest absolute Gasteiger partial charge is 0.312 e. The van der Waals surface area contributed by atoms with Crippen molar-refractivity contribution in [3.05, 3.63) is 0 Å². The summed E-state index contributed by atoms with van der Waals surface area (Å²) in [5.74, 6) is 2.53. The first-order valence-corrected chi connectivity index (χ1v) is 17.7. The average molecular weight is 545 g/mol. The summed E-state index contributed by atoms with van der Waals surface area (Å²) in [4.78, 5) is 0. The largest absolute Gasteiger partial charge is 0.332 e. The van der Waals surface area contributed by atoms with Gasteiger partial charge in [-0.2, -0.15) is 0 Å². The van der Waals surface area contributed by atoms with Crippen molar-refractivity contribution >= 4 is 8.60 Å². The van der Waals surface area contributed by atoms with E-state index in [2.05, 4.69) is 41.5 Å². The van der Waals surface area contributed by atoms with Crippen molar-refractivity contribution in [2.24, 2.45) is 17.8 Å². The van der Waals surface area contributed by atoms with Gasteiger partial charge in [-0.05, 0) is 37.0 Å². The summed E-state index contributed by atoms with van der Waals surface area (Å²) in [5.41, 5.74) is 0. The van der Waals surface area contributed by atoms with Gasteiger partial charge in [-0.25, -0.2) is 0 Å². The molecule has 0 saturated carbocycles. The van der Waals surface area contributed by atoms with Crippen LogP contribution < -0.4 is 0 Å². The van der Waals surface area contributed by atoms with E-state index in [0.717, 1.165) is 56.8 Å². The molecule has 0 spiro atoms. The fourth-order valence-electron chi connectivity index (χ4n) is 4.61. The minimum Gasteiger partial charge on any atom is -0.312 e. The van der Waals surface area contributed by atoms with Crippen molar-refractivity contribution in [2.45, 2.75) is 176 Å². The van der Waals surface area contributed by atoms with Crippen molar-refractivity contribution in [1.29, 1.82) is 0 Å². The van der Waals surface area contributed by atoms with Gasteiger partial charge in [-0.1, -0.05) is 157 Å². The topological polar surface area (TPSA) is 27.7 Å². The molecule has 0 aromatic carbocycles. The fraction of sp³-hybridized carbons (Fsp3) is 1.00. The van der Waals surface area contributed by atoms with Crippen LogP contribution in [0.4, 0.5) is 0 Å². The van der Waals surface area contributed by atoms with Crippen LogP contribution in [0.15, 0.2) is 0 Å². The first kappa shape index (κ1) is 37.3. The van der Waals surface area contributed by atoms with Gasteiger partial charge < -0.3 is 13.6 Å². The van der Waals surface area contributed by atoms with Crippen molar-refractivity contribution in [3.8, 4) is 0 Å². The molecule has 0 bridgehead atoms. The maximum absolute atomic E-state index is 6.09. The standard InChI is InChI=1S/C33H69O3P/c1-31(2)25-19-13-7-10-16-22-28-34-37(35-29-23-17-11-8-14-20-26-32(3)4)36-30-24-18-12-9-15-21-27-33(5)6/h31-33H,7-30H2,1-6H3. The molecule has 0 radical (unpaired) electrons. The molecule has 37 heavy (non-hydrogen) atoms. The summed E-state index contributed by atoms with van der Waals surface area (Å²) in [6.07, 6.45) is 27.7. The quantitative estimate of drug-likeness (QED) is 0.0664. The average Bonchev–Trinajstić information content (AvgIpc) is 2.84. The van der Waals surface area contributed by atoms with Crippen LogP contribution in [0, 0.1) is 17.8 Å². The molecular weight excluding hydrogens is 475 g/mol. The Morgan fingerprint density at radius 3 is 0.784 bits per heavy atom. The Balaban J connectivity index is 3.92. The normalized spacial score (nSPS) is 12.2. The van der Waals surface area contributed by atoms with Crippen molar-refractivity contribution in [3.63, 3.8) is 0 Å². The number of unbranched alkanes of at least 4 members (excludes halogenated alkanes) is 15. The molecule has 0 unspecified atom stereocenters. The second-order valence-electron chi connectivity index (χ2n) is 12.6. The Hall–Kier alpha value is 0.310. The van der Waals surface area contributed by atoms with E-state index in [1.807, 2.05) is 0 Å². The molecule has 0 aliphatic carbocycles. The molecule has 0 saturated heterocycles. The highest BCUT2D eigenvalue weighted by Gasteiger charge is 2.12.